The van der Waals surface area contributed by atoms with Crippen LogP contribution in [0.15, 0.2) is 200 Å². The zero-order valence-corrected chi connectivity index (χ0v) is 31.4. The third kappa shape index (κ3) is 4.44. The van der Waals surface area contributed by atoms with E-state index in [0.29, 0.717) is 0 Å². The molecule has 58 heavy (non-hydrogen) atoms. The van der Waals surface area contributed by atoms with E-state index in [4.69, 9.17) is 4.74 Å². The number of hydrogen-bond donors (Lipinski definition) is 0. The Morgan fingerprint density at radius 3 is 1.74 bits per heavy atom. The molecule has 0 atom stereocenters. The minimum atomic E-state index is 0.217. The van der Waals surface area contributed by atoms with Gasteiger partial charge in [0.15, 0.2) is 11.5 Å². The van der Waals surface area contributed by atoms with Crippen molar-refractivity contribution in [3.63, 3.8) is 0 Å². The van der Waals surface area contributed by atoms with Crippen molar-refractivity contribution in [2.24, 2.45) is 0 Å². The Labute approximate surface area is 335 Å². The normalized spacial score (nSPS) is 12.9. The molecule has 0 saturated heterocycles. The molecule has 0 radical (unpaired) electrons. The van der Waals surface area contributed by atoms with Gasteiger partial charge in [-0.05, 0) is 105 Å². The van der Waals surface area contributed by atoms with Crippen LogP contribution in [0.5, 0.6) is 11.5 Å². The zero-order valence-electron chi connectivity index (χ0n) is 31.4. The van der Waals surface area contributed by atoms with Gasteiger partial charge in [0.1, 0.15) is 0 Å². The minimum absolute atomic E-state index is 0.217. The molecule has 9 aromatic carbocycles. The highest BCUT2D eigenvalue weighted by Crippen LogP contribution is 2.49. The average Bonchev–Trinajstić information content (AvgIpc) is 3.93. The zero-order chi connectivity index (χ0) is 37.9. The largest absolute Gasteiger partial charge is 0.453 e. The van der Waals surface area contributed by atoms with Gasteiger partial charge in [-0.25, -0.2) is 0 Å². The van der Waals surface area contributed by atoms with Crippen LogP contribution in [0.2, 0.25) is 0 Å². The van der Waals surface area contributed by atoms with Crippen molar-refractivity contribution in [2.75, 3.05) is 0 Å². The average molecular weight is 739 g/mol. The summed E-state index contributed by atoms with van der Waals surface area (Å²) in [5.74, 6) is 1.99. The summed E-state index contributed by atoms with van der Waals surface area (Å²) in [4.78, 5) is 0. The summed E-state index contributed by atoms with van der Waals surface area (Å²) in [6.45, 7) is 0. The van der Waals surface area contributed by atoms with E-state index < -0.39 is 0 Å². The fourth-order valence-electron chi connectivity index (χ4n) is 10.0. The van der Waals surface area contributed by atoms with E-state index in [9.17, 15) is 0 Å². The quantitative estimate of drug-likeness (QED) is 0.176. The van der Waals surface area contributed by atoms with E-state index in [1.807, 2.05) is 12.1 Å². The monoisotopic (exact) mass is 738 g/mol. The van der Waals surface area contributed by atoms with Crippen LogP contribution in [0, 0.1) is 0 Å². The topological polar surface area (TPSA) is 19.1 Å². The van der Waals surface area contributed by atoms with Crippen LogP contribution in [0.4, 0.5) is 0 Å². The molecule has 0 N–H and O–H groups in total. The van der Waals surface area contributed by atoms with Crippen LogP contribution in [0.3, 0.4) is 0 Å². The van der Waals surface area contributed by atoms with Crippen molar-refractivity contribution < 1.29 is 4.74 Å². The Morgan fingerprint density at radius 1 is 0.362 bits per heavy atom. The Bertz CT molecular complexity index is 3430. The molecule has 2 aliphatic rings. The molecule has 13 rings (SSSR count). The fourth-order valence-corrected chi connectivity index (χ4v) is 10.0. The van der Waals surface area contributed by atoms with Gasteiger partial charge in [-0.2, -0.15) is 0 Å². The molecule has 0 unspecified atom stereocenters. The van der Waals surface area contributed by atoms with Gasteiger partial charge < -0.3 is 13.9 Å². The van der Waals surface area contributed by atoms with Gasteiger partial charge in [0.25, 0.3) is 0 Å². The van der Waals surface area contributed by atoms with Crippen molar-refractivity contribution in [1.29, 1.82) is 0 Å². The van der Waals surface area contributed by atoms with Crippen LogP contribution in [-0.4, -0.2) is 9.13 Å². The maximum Gasteiger partial charge on any atom is 0.152 e. The highest BCUT2D eigenvalue weighted by molar-refractivity contribution is 6.13. The lowest BCUT2D eigenvalue weighted by atomic mass is 9.88. The number of fused-ring (bicyclic) bond motifs is 11. The maximum atomic E-state index is 6.33. The van der Waals surface area contributed by atoms with E-state index in [1.165, 1.54) is 88.2 Å². The van der Waals surface area contributed by atoms with Gasteiger partial charge in [0.2, 0.25) is 0 Å². The second-order valence-corrected chi connectivity index (χ2v) is 15.7. The molecule has 11 aromatic rings. The minimum Gasteiger partial charge on any atom is -0.453 e. The summed E-state index contributed by atoms with van der Waals surface area (Å²) in [5, 5.41) is 4.99. The first-order valence-corrected chi connectivity index (χ1v) is 20.0. The number of nitrogens with zero attached hydrogens (tertiary/aromatic N) is 2. The molecule has 1 aliphatic carbocycles. The van der Waals surface area contributed by atoms with Crippen LogP contribution < -0.4 is 4.74 Å². The summed E-state index contributed by atoms with van der Waals surface area (Å²) in [6, 6.07) is 73.2. The first-order chi connectivity index (χ1) is 28.8. The van der Waals surface area contributed by atoms with Gasteiger partial charge in [0.05, 0.1) is 27.8 Å². The number of ether oxygens (including phenoxy) is 1. The van der Waals surface area contributed by atoms with Gasteiger partial charge in [-0.3, -0.25) is 0 Å². The van der Waals surface area contributed by atoms with Crippen molar-refractivity contribution in [2.45, 2.75) is 5.92 Å². The predicted octanol–water partition coefficient (Wildman–Crippen LogP) is 14.5. The van der Waals surface area contributed by atoms with Crippen LogP contribution in [-0.2, 0) is 0 Å². The van der Waals surface area contributed by atoms with Gasteiger partial charge in [0, 0.05) is 33.2 Å². The Balaban J connectivity index is 0.851. The molecule has 270 valence electrons. The lowest BCUT2D eigenvalue weighted by Gasteiger charge is -2.20. The number of para-hydroxylation sites is 4. The van der Waals surface area contributed by atoms with Gasteiger partial charge in [-0.1, -0.05) is 146 Å². The Morgan fingerprint density at radius 2 is 0.948 bits per heavy atom. The highest BCUT2D eigenvalue weighted by Gasteiger charge is 2.30. The van der Waals surface area contributed by atoms with Crippen LogP contribution >= 0.6 is 0 Å². The highest BCUT2D eigenvalue weighted by atomic mass is 16.5. The number of aromatic nitrogens is 2. The van der Waals surface area contributed by atoms with Crippen molar-refractivity contribution >= 4 is 43.6 Å². The third-order valence-electron chi connectivity index (χ3n) is 12.6. The van der Waals surface area contributed by atoms with E-state index in [1.54, 1.807) is 0 Å². The second-order valence-electron chi connectivity index (χ2n) is 15.7. The van der Waals surface area contributed by atoms with Gasteiger partial charge in [-0.15, -0.1) is 0 Å². The molecule has 0 bridgehead atoms. The molecule has 2 aromatic heterocycles. The summed E-state index contributed by atoms with van der Waals surface area (Å²) in [5.41, 5.74) is 18.5. The second kappa shape index (κ2) is 11.9. The summed E-state index contributed by atoms with van der Waals surface area (Å²) in [6.07, 6.45) is 0. The van der Waals surface area contributed by atoms with Crippen molar-refractivity contribution in [1.82, 2.24) is 9.13 Å². The summed E-state index contributed by atoms with van der Waals surface area (Å²) in [7, 11) is 0. The van der Waals surface area contributed by atoms with E-state index in [0.717, 1.165) is 28.4 Å². The smallest absolute Gasteiger partial charge is 0.152 e. The Kier molecular flexibility index (Phi) is 6.50. The molecule has 0 amide bonds. The van der Waals surface area contributed by atoms with Crippen molar-refractivity contribution in [3.05, 3.63) is 217 Å². The lowest BCUT2D eigenvalue weighted by Crippen LogP contribution is -2.03. The molecular weight excluding hydrogens is 705 g/mol. The predicted molar refractivity (Wildman–Crippen MR) is 239 cm³/mol. The fraction of sp³-hybridized carbons (Fsp3) is 0.0182. The molecule has 3 heteroatoms. The maximum absolute atomic E-state index is 6.33. The van der Waals surface area contributed by atoms with Crippen molar-refractivity contribution in [3.8, 4) is 56.3 Å². The molecule has 0 spiro atoms. The Hall–Kier alpha value is -7.62. The summed E-state index contributed by atoms with van der Waals surface area (Å²) >= 11 is 0. The van der Waals surface area contributed by atoms with Gasteiger partial charge >= 0.3 is 0 Å². The SMILES string of the molecule is c1ccc2c(c1)Oc1cccc3c4ccc(-c5ccc(-c6ccc(-n7c8ccccc8c8cc(C9c%10ccccc%10-c%10ccccc%109)ccc87)cc6)cc5)cc4n-2c13. The molecular formula is C55H34N2O. The van der Waals surface area contributed by atoms with E-state index in [2.05, 4.69) is 197 Å². The first kappa shape index (κ1) is 31.6. The number of benzene rings is 9. The molecule has 3 heterocycles. The van der Waals surface area contributed by atoms with E-state index >= 15 is 0 Å². The van der Waals surface area contributed by atoms with Crippen LogP contribution in [0.1, 0.15) is 22.6 Å². The van der Waals surface area contributed by atoms with Crippen LogP contribution in [0.25, 0.3) is 88.4 Å². The molecule has 3 nitrogen and oxygen atoms in total. The molecule has 0 saturated carbocycles. The molecule has 1 aliphatic heterocycles. The third-order valence-corrected chi connectivity index (χ3v) is 12.6. The summed E-state index contributed by atoms with van der Waals surface area (Å²) < 4.78 is 11.1. The lowest BCUT2D eigenvalue weighted by molar-refractivity contribution is 0.476. The molecule has 0 fully saturated rings. The first-order valence-electron chi connectivity index (χ1n) is 20.0. The van der Waals surface area contributed by atoms with E-state index in [-0.39, 0.29) is 5.92 Å². The number of hydrogen-bond acceptors (Lipinski definition) is 1. The number of rotatable bonds is 4. The standard InChI is InChI=1S/C55H34N2O/c1-3-13-44-40(10-1)41-11-2-4-14-45(41)54(44)38-27-31-49-47(32-38)42-12-5-6-16-48(42)56(49)39-28-24-35(25-29-39)34-20-22-36(23-21-34)37-26-30-43-46-15-9-19-53-55(46)57(51(43)33-37)50-17-7-8-18-52(50)58-53/h1-33,54H.